The molecule has 1 N–H and O–H groups in total. The molecule has 0 aromatic heterocycles. The lowest BCUT2D eigenvalue weighted by molar-refractivity contribution is -0.0346. The minimum Gasteiger partial charge on any atom is -0.376 e. The van der Waals surface area contributed by atoms with Crippen molar-refractivity contribution in [2.45, 2.75) is 19.1 Å². The van der Waals surface area contributed by atoms with Crippen LogP contribution in [-0.4, -0.2) is 43.2 Å². The second-order valence-corrected chi connectivity index (χ2v) is 7.33. The van der Waals surface area contributed by atoms with Crippen LogP contribution in [0.3, 0.4) is 0 Å². The first kappa shape index (κ1) is 20.1. The van der Waals surface area contributed by atoms with Gasteiger partial charge in [-0.1, -0.05) is 41.4 Å². The Balaban J connectivity index is 1.84. The molecule has 1 aliphatic heterocycles. The second-order valence-electron chi connectivity index (χ2n) is 6.52. The third-order valence-corrected chi connectivity index (χ3v) is 5.28. The fraction of sp³-hybridized carbons (Fsp3) is 0.350. The SMILES string of the molecule is C[C@@H]1CN([C@H](CNC(=O)c2ccccc2Cl)c2c(F)cccc2Cl)CCO1. The molecule has 1 heterocycles. The van der Waals surface area contributed by atoms with E-state index >= 15 is 0 Å². The van der Waals surface area contributed by atoms with E-state index in [1.165, 1.54) is 6.07 Å². The Morgan fingerprint density at radius 3 is 2.70 bits per heavy atom. The van der Waals surface area contributed by atoms with Gasteiger partial charge in [-0.2, -0.15) is 0 Å². The van der Waals surface area contributed by atoms with E-state index in [1.807, 2.05) is 6.92 Å². The van der Waals surface area contributed by atoms with Gasteiger partial charge in [0, 0.05) is 30.2 Å². The van der Waals surface area contributed by atoms with Crippen molar-refractivity contribution < 1.29 is 13.9 Å². The summed E-state index contributed by atoms with van der Waals surface area (Å²) in [7, 11) is 0. The van der Waals surface area contributed by atoms with Gasteiger partial charge in [-0.05, 0) is 31.2 Å². The molecule has 0 bridgehead atoms. The topological polar surface area (TPSA) is 41.6 Å². The van der Waals surface area contributed by atoms with E-state index in [1.54, 1.807) is 36.4 Å². The van der Waals surface area contributed by atoms with E-state index in [0.29, 0.717) is 40.9 Å². The fourth-order valence-corrected chi connectivity index (χ4v) is 3.81. The predicted octanol–water partition coefficient (Wildman–Crippen LogP) is 4.32. The molecule has 144 valence electrons. The monoisotopic (exact) mass is 410 g/mol. The van der Waals surface area contributed by atoms with Gasteiger partial charge in [-0.15, -0.1) is 0 Å². The molecule has 4 nitrogen and oxygen atoms in total. The van der Waals surface area contributed by atoms with Crippen LogP contribution in [0.4, 0.5) is 4.39 Å². The van der Waals surface area contributed by atoms with Crippen LogP contribution in [0.15, 0.2) is 42.5 Å². The molecule has 3 rings (SSSR count). The summed E-state index contributed by atoms with van der Waals surface area (Å²) in [6.45, 7) is 3.97. The van der Waals surface area contributed by atoms with Gasteiger partial charge in [-0.25, -0.2) is 4.39 Å². The molecular weight excluding hydrogens is 390 g/mol. The summed E-state index contributed by atoms with van der Waals surface area (Å²) in [6.07, 6.45) is 0.0195. The predicted molar refractivity (Wildman–Crippen MR) is 105 cm³/mol. The van der Waals surface area contributed by atoms with Crippen LogP contribution in [0.2, 0.25) is 10.0 Å². The van der Waals surface area contributed by atoms with Crippen LogP contribution < -0.4 is 5.32 Å². The van der Waals surface area contributed by atoms with Gasteiger partial charge in [0.05, 0.1) is 29.3 Å². The number of hydrogen-bond acceptors (Lipinski definition) is 3. The molecular formula is C20H21Cl2FN2O2. The number of amides is 1. The first-order valence-electron chi connectivity index (χ1n) is 8.79. The zero-order chi connectivity index (χ0) is 19.4. The molecule has 1 amide bonds. The van der Waals surface area contributed by atoms with Crippen molar-refractivity contribution in [3.8, 4) is 0 Å². The molecule has 1 aliphatic rings. The van der Waals surface area contributed by atoms with Gasteiger partial charge < -0.3 is 10.1 Å². The van der Waals surface area contributed by atoms with E-state index < -0.39 is 11.9 Å². The fourth-order valence-electron chi connectivity index (χ4n) is 3.30. The Bertz CT molecular complexity index is 798. The van der Waals surface area contributed by atoms with E-state index in [9.17, 15) is 9.18 Å². The maximum Gasteiger partial charge on any atom is 0.252 e. The van der Waals surface area contributed by atoms with Crippen LogP contribution in [-0.2, 0) is 4.74 Å². The number of ether oxygens (including phenoxy) is 1. The number of hydrogen-bond donors (Lipinski definition) is 1. The summed E-state index contributed by atoms with van der Waals surface area (Å²) in [6, 6.07) is 11.0. The van der Waals surface area contributed by atoms with Crippen molar-refractivity contribution in [1.29, 1.82) is 0 Å². The Hall–Kier alpha value is -1.66. The molecule has 27 heavy (non-hydrogen) atoms. The molecule has 7 heteroatoms. The molecule has 2 atom stereocenters. The van der Waals surface area contributed by atoms with Crippen molar-refractivity contribution >= 4 is 29.1 Å². The smallest absolute Gasteiger partial charge is 0.252 e. The van der Waals surface area contributed by atoms with E-state index in [0.717, 1.165) is 0 Å². The molecule has 2 aromatic rings. The Labute approximate surface area is 168 Å². The molecule has 0 spiro atoms. The zero-order valence-corrected chi connectivity index (χ0v) is 16.4. The zero-order valence-electron chi connectivity index (χ0n) is 14.9. The van der Waals surface area contributed by atoms with E-state index in [-0.39, 0.29) is 18.6 Å². The normalized spacial score (nSPS) is 18.9. The number of morpholine rings is 1. The molecule has 0 unspecified atom stereocenters. The summed E-state index contributed by atoms with van der Waals surface area (Å²) in [5.74, 6) is -0.696. The van der Waals surface area contributed by atoms with Crippen molar-refractivity contribution in [3.63, 3.8) is 0 Å². The van der Waals surface area contributed by atoms with Crippen molar-refractivity contribution in [3.05, 3.63) is 69.5 Å². The number of halogens is 3. The number of nitrogens with one attached hydrogen (secondary N) is 1. The molecule has 0 radical (unpaired) electrons. The van der Waals surface area contributed by atoms with Crippen LogP contribution in [0.5, 0.6) is 0 Å². The molecule has 1 fully saturated rings. The minimum atomic E-state index is -0.406. The summed E-state index contributed by atoms with van der Waals surface area (Å²) in [5.41, 5.74) is 0.764. The first-order chi connectivity index (χ1) is 13.0. The number of benzene rings is 2. The first-order valence-corrected chi connectivity index (χ1v) is 9.55. The average molecular weight is 411 g/mol. The highest BCUT2D eigenvalue weighted by molar-refractivity contribution is 6.33. The van der Waals surface area contributed by atoms with Crippen LogP contribution in [0.1, 0.15) is 28.9 Å². The maximum absolute atomic E-state index is 14.6. The number of nitrogens with zero attached hydrogens (tertiary/aromatic N) is 1. The Kier molecular flexibility index (Phi) is 6.71. The summed E-state index contributed by atoms with van der Waals surface area (Å²) < 4.78 is 20.2. The van der Waals surface area contributed by atoms with E-state index in [2.05, 4.69) is 10.2 Å². The summed E-state index contributed by atoms with van der Waals surface area (Å²) in [4.78, 5) is 14.6. The average Bonchev–Trinajstić information content (AvgIpc) is 2.64. The lowest BCUT2D eigenvalue weighted by atomic mass is 10.0. The number of carbonyl (C=O) groups excluding carboxylic acids is 1. The largest absolute Gasteiger partial charge is 0.376 e. The van der Waals surface area contributed by atoms with Gasteiger partial charge in [0.15, 0.2) is 0 Å². The van der Waals surface area contributed by atoms with Crippen LogP contribution in [0.25, 0.3) is 0 Å². The highest BCUT2D eigenvalue weighted by Gasteiger charge is 2.29. The standard InChI is InChI=1S/C20H21Cl2FN2O2/c1-13-12-25(9-10-27-13)18(19-16(22)7-4-8-17(19)23)11-24-20(26)14-5-2-3-6-15(14)21/h2-8,13,18H,9-12H2,1H3,(H,24,26)/t13-,18-/m1/s1. The Morgan fingerprint density at radius 2 is 2.00 bits per heavy atom. The van der Waals surface area contributed by atoms with Crippen molar-refractivity contribution in [2.75, 3.05) is 26.2 Å². The highest BCUT2D eigenvalue weighted by atomic mass is 35.5. The molecule has 0 saturated carbocycles. The lowest BCUT2D eigenvalue weighted by Gasteiger charge is -2.38. The van der Waals surface area contributed by atoms with Crippen molar-refractivity contribution in [2.24, 2.45) is 0 Å². The minimum absolute atomic E-state index is 0.0195. The third-order valence-electron chi connectivity index (χ3n) is 4.62. The maximum atomic E-state index is 14.6. The van der Waals surface area contributed by atoms with Crippen LogP contribution >= 0.6 is 23.2 Å². The van der Waals surface area contributed by atoms with Crippen molar-refractivity contribution in [1.82, 2.24) is 10.2 Å². The quantitative estimate of drug-likeness (QED) is 0.797. The third kappa shape index (κ3) is 4.79. The molecule has 1 saturated heterocycles. The molecule has 2 aromatic carbocycles. The van der Waals surface area contributed by atoms with Crippen LogP contribution in [0, 0.1) is 5.82 Å². The second kappa shape index (κ2) is 9.02. The van der Waals surface area contributed by atoms with Gasteiger partial charge >= 0.3 is 0 Å². The van der Waals surface area contributed by atoms with Gasteiger partial charge in [-0.3, -0.25) is 9.69 Å². The van der Waals surface area contributed by atoms with Gasteiger partial charge in [0.25, 0.3) is 5.91 Å². The highest BCUT2D eigenvalue weighted by Crippen LogP contribution is 2.31. The summed E-state index contributed by atoms with van der Waals surface area (Å²) in [5, 5.41) is 3.58. The van der Waals surface area contributed by atoms with E-state index in [4.69, 9.17) is 27.9 Å². The van der Waals surface area contributed by atoms with Gasteiger partial charge in [0.1, 0.15) is 5.82 Å². The summed E-state index contributed by atoms with van der Waals surface area (Å²) >= 11 is 12.4. The number of rotatable bonds is 5. The molecule has 0 aliphatic carbocycles. The van der Waals surface area contributed by atoms with Gasteiger partial charge in [0.2, 0.25) is 0 Å². The Morgan fingerprint density at radius 1 is 1.26 bits per heavy atom. The lowest BCUT2D eigenvalue weighted by Crippen LogP contribution is -2.47. The number of carbonyl (C=O) groups is 1.